The molecular formula is C65H52N4O. The van der Waals surface area contributed by atoms with Crippen LogP contribution < -0.4 is 14.5 Å². The van der Waals surface area contributed by atoms with Gasteiger partial charge in [0.25, 0.3) is 0 Å². The Labute approximate surface area is 414 Å². The van der Waals surface area contributed by atoms with Crippen molar-refractivity contribution < 1.29 is 8.85 Å². The van der Waals surface area contributed by atoms with E-state index in [4.69, 9.17) is 9.72 Å². The van der Waals surface area contributed by atoms with Crippen LogP contribution in [0.15, 0.2) is 231 Å². The Kier molecular flexibility index (Phi) is 9.80. The molecule has 5 nitrogen and oxygen atoms in total. The van der Waals surface area contributed by atoms with Gasteiger partial charge in [0, 0.05) is 51.5 Å². The molecule has 12 rings (SSSR count). The molecule has 0 radical (unpaired) electrons. The summed E-state index contributed by atoms with van der Waals surface area (Å²) in [7, 11) is 0. The number of benzene rings is 9. The minimum Gasteiger partial charge on any atom is -0.457 e. The van der Waals surface area contributed by atoms with E-state index in [0.717, 1.165) is 94.8 Å². The first kappa shape index (κ1) is 39.3. The standard InChI is InChI=1S/C65H52N4O/c1-44-38-63(66-42-58(44)48-22-12-7-13-23-48)69-59-37-32-49(45-30-33-50(34-31-45)65(2,3)4)39-57(59)56-36-35-53(41-62(56)69)70-52-25-16-24-51(40-52)67-43-68(61-29-15-14-28-60(61)67)64-54(46-18-8-5-9-19-46)26-17-27-55(64)47-20-10-6-11-21-47/h5-42H,43H2,1-4H3/i16D,24D,25D. The summed E-state index contributed by atoms with van der Waals surface area (Å²) in [4.78, 5) is 9.48. The lowest BCUT2D eigenvalue weighted by Gasteiger charge is -2.27. The van der Waals surface area contributed by atoms with Crippen LogP contribution in [0, 0.1) is 6.92 Å². The number of pyridine rings is 1. The van der Waals surface area contributed by atoms with Crippen molar-refractivity contribution in [2.45, 2.75) is 33.1 Å². The van der Waals surface area contributed by atoms with Crippen LogP contribution in [0.5, 0.6) is 11.5 Å². The molecule has 0 spiro atoms. The highest BCUT2D eigenvalue weighted by atomic mass is 16.5. The summed E-state index contributed by atoms with van der Waals surface area (Å²) in [6, 6.07) is 70.8. The van der Waals surface area contributed by atoms with Crippen molar-refractivity contribution in [2.24, 2.45) is 0 Å². The summed E-state index contributed by atoms with van der Waals surface area (Å²) >= 11 is 0. The third-order valence-corrected chi connectivity index (χ3v) is 13.6. The monoisotopic (exact) mass is 907 g/mol. The van der Waals surface area contributed by atoms with Crippen LogP contribution in [-0.4, -0.2) is 16.2 Å². The lowest BCUT2D eigenvalue weighted by Crippen LogP contribution is -2.24. The normalized spacial score (nSPS) is 13.1. The average Bonchev–Trinajstić information content (AvgIpc) is 3.96. The lowest BCUT2D eigenvalue weighted by atomic mass is 9.86. The minimum absolute atomic E-state index is 0.0477. The van der Waals surface area contributed by atoms with Crippen LogP contribution in [0.3, 0.4) is 0 Å². The molecule has 9 aromatic carbocycles. The molecule has 0 saturated carbocycles. The van der Waals surface area contributed by atoms with E-state index in [0.29, 0.717) is 18.1 Å². The molecule has 2 aromatic heterocycles. The first-order valence-corrected chi connectivity index (χ1v) is 23.9. The highest BCUT2D eigenvalue weighted by Crippen LogP contribution is 2.50. The number of hydrogen-bond acceptors (Lipinski definition) is 4. The Morgan fingerprint density at radius 1 is 0.500 bits per heavy atom. The van der Waals surface area contributed by atoms with Gasteiger partial charge in [0.1, 0.15) is 24.0 Å². The summed E-state index contributed by atoms with van der Waals surface area (Å²) in [5, 5.41) is 2.10. The molecule has 1 aliphatic rings. The SMILES string of the molecule is [2H]c1c(Oc2ccc3c4cc(-c5ccc(C(C)(C)C)cc5)ccc4n(-c4cc(C)c(-c5ccccc5)cn4)c3c2)cc(N2CN(c3c(-c4ccccc4)cccc3-c3ccccc3)c3ccccc32)c([2H])c1[2H]. The number of aromatic nitrogens is 2. The van der Waals surface area contributed by atoms with E-state index >= 15 is 0 Å². The Morgan fingerprint density at radius 3 is 1.76 bits per heavy atom. The first-order chi connectivity index (χ1) is 35.5. The highest BCUT2D eigenvalue weighted by molar-refractivity contribution is 6.11. The number of nitrogens with zero attached hydrogens (tertiary/aromatic N) is 4. The van der Waals surface area contributed by atoms with Gasteiger partial charge in [-0.1, -0.05) is 178 Å². The Morgan fingerprint density at radius 2 is 1.11 bits per heavy atom. The zero-order valence-corrected chi connectivity index (χ0v) is 39.6. The van der Waals surface area contributed by atoms with Crippen molar-refractivity contribution in [1.29, 1.82) is 0 Å². The van der Waals surface area contributed by atoms with Crippen molar-refractivity contribution in [3.8, 4) is 61.8 Å². The predicted octanol–water partition coefficient (Wildman–Crippen LogP) is 17.5. The summed E-state index contributed by atoms with van der Waals surface area (Å²) in [6.45, 7) is 9.18. The molecule has 5 heteroatoms. The number of ether oxygens (including phenoxy) is 1. The van der Waals surface area contributed by atoms with E-state index in [-0.39, 0.29) is 29.3 Å². The molecule has 338 valence electrons. The van der Waals surface area contributed by atoms with Crippen LogP contribution >= 0.6 is 0 Å². The van der Waals surface area contributed by atoms with Crippen molar-refractivity contribution >= 4 is 44.6 Å². The third kappa shape index (κ3) is 7.76. The number of anilines is 4. The van der Waals surface area contributed by atoms with Gasteiger partial charge in [-0.05, 0) is 106 Å². The predicted molar refractivity (Wildman–Crippen MR) is 292 cm³/mol. The maximum Gasteiger partial charge on any atom is 0.137 e. The fourth-order valence-corrected chi connectivity index (χ4v) is 10.1. The molecule has 3 heterocycles. The maximum atomic E-state index is 9.41. The van der Waals surface area contributed by atoms with E-state index < -0.39 is 0 Å². The maximum absolute atomic E-state index is 9.41. The lowest BCUT2D eigenvalue weighted by molar-refractivity contribution is 0.483. The van der Waals surface area contributed by atoms with Gasteiger partial charge in [0.15, 0.2) is 0 Å². The smallest absolute Gasteiger partial charge is 0.137 e. The molecule has 0 N–H and O–H groups in total. The highest BCUT2D eigenvalue weighted by Gasteiger charge is 2.31. The molecule has 1 aliphatic heterocycles. The van der Waals surface area contributed by atoms with Crippen molar-refractivity contribution in [1.82, 2.24) is 9.55 Å². The van der Waals surface area contributed by atoms with E-state index in [9.17, 15) is 4.11 Å². The van der Waals surface area contributed by atoms with Crippen LogP contribution in [-0.2, 0) is 5.41 Å². The number of rotatable bonds is 9. The van der Waals surface area contributed by atoms with Gasteiger partial charge in [-0.25, -0.2) is 4.98 Å². The van der Waals surface area contributed by atoms with Gasteiger partial charge < -0.3 is 14.5 Å². The Hall–Kier alpha value is -8.67. The van der Waals surface area contributed by atoms with E-state index in [1.807, 2.05) is 60.8 Å². The topological polar surface area (TPSA) is 33.5 Å². The summed E-state index contributed by atoms with van der Waals surface area (Å²) in [5.74, 6) is 1.45. The van der Waals surface area contributed by atoms with Gasteiger partial charge in [-0.15, -0.1) is 0 Å². The molecule has 11 aromatic rings. The number of fused-ring (bicyclic) bond motifs is 4. The molecule has 0 bridgehead atoms. The van der Waals surface area contributed by atoms with Crippen LogP contribution in [0.1, 0.15) is 36.0 Å². The Balaban J connectivity index is 0.964. The van der Waals surface area contributed by atoms with Crippen molar-refractivity contribution in [3.05, 3.63) is 242 Å². The molecule has 0 amide bonds. The van der Waals surface area contributed by atoms with Gasteiger partial charge >= 0.3 is 0 Å². The van der Waals surface area contributed by atoms with Crippen LogP contribution in [0.25, 0.3) is 72.1 Å². The second-order valence-corrected chi connectivity index (χ2v) is 19.1. The summed E-state index contributed by atoms with van der Waals surface area (Å²) in [6.07, 6.45) is 1.95. The molecule has 70 heavy (non-hydrogen) atoms. The van der Waals surface area contributed by atoms with Gasteiger partial charge in [0.2, 0.25) is 0 Å². The van der Waals surface area contributed by atoms with Gasteiger partial charge in [-0.3, -0.25) is 4.57 Å². The zero-order valence-electron chi connectivity index (χ0n) is 42.6. The summed E-state index contributed by atoms with van der Waals surface area (Å²) < 4.78 is 36.8. The zero-order chi connectivity index (χ0) is 50.0. The van der Waals surface area contributed by atoms with Crippen LogP contribution in [0.2, 0.25) is 0 Å². The number of para-hydroxylation sites is 3. The van der Waals surface area contributed by atoms with E-state index in [1.54, 1.807) is 6.07 Å². The van der Waals surface area contributed by atoms with Crippen molar-refractivity contribution in [2.75, 3.05) is 16.5 Å². The number of hydrogen-bond donors (Lipinski definition) is 0. The van der Waals surface area contributed by atoms with E-state index in [1.165, 1.54) is 5.56 Å². The minimum atomic E-state index is -0.213. The van der Waals surface area contributed by atoms with Crippen LogP contribution in [0.4, 0.5) is 22.7 Å². The fraction of sp³-hybridized carbons (Fsp3) is 0.0923. The molecule has 0 unspecified atom stereocenters. The first-order valence-electron chi connectivity index (χ1n) is 25.4. The fourth-order valence-electron chi connectivity index (χ4n) is 10.1. The largest absolute Gasteiger partial charge is 0.457 e. The number of aryl methyl sites for hydroxylation is 1. The quantitative estimate of drug-likeness (QED) is 0.144. The molecule has 0 fully saturated rings. The second kappa shape index (κ2) is 17.4. The molecule has 0 atom stereocenters. The third-order valence-electron chi connectivity index (χ3n) is 13.6. The molecule has 0 saturated heterocycles. The van der Waals surface area contributed by atoms with Crippen molar-refractivity contribution in [3.63, 3.8) is 0 Å². The Bertz CT molecular complexity index is 3830. The van der Waals surface area contributed by atoms with Gasteiger partial charge in [0.05, 0.1) is 32.2 Å². The van der Waals surface area contributed by atoms with E-state index in [2.05, 4.69) is 188 Å². The average molecular weight is 908 g/mol. The van der Waals surface area contributed by atoms with Gasteiger partial charge in [-0.2, -0.15) is 0 Å². The summed E-state index contributed by atoms with van der Waals surface area (Å²) in [5.41, 5.74) is 16.4. The molecular weight excluding hydrogens is 853 g/mol. The second-order valence-electron chi connectivity index (χ2n) is 19.1. The molecule has 0 aliphatic carbocycles.